The molecule has 0 aliphatic heterocycles. The molecule has 4 rings (SSSR count). The van der Waals surface area contributed by atoms with E-state index >= 15 is 0 Å². The Labute approximate surface area is 172 Å². The Balaban J connectivity index is 1.60. The standard InChI is InChI=1S/C26H29F2N/c1-16(2)21-12-19(8-10-23(21)27)26(15-29)14-20(26)13-25(3,4)22-11-18(17-5-6-17)7-9-24(22)28/h7-12,16-17,20H,5-6,13-14H2,1-4H3. The van der Waals surface area contributed by atoms with Crippen LogP contribution >= 0.6 is 0 Å². The second-order valence-electron chi connectivity index (χ2n) is 9.98. The lowest BCUT2D eigenvalue weighted by Crippen LogP contribution is -2.22. The van der Waals surface area contributed by atoms with Crippen LogP contribution in [-0.2, 0) is 10.8 Å². The largest absolute Gasteiger partial charge is 0.207 e. The molecule has 2 aliphatic carbocycles. The Bertz CT molecular complexity index is 981. The monoisotopic (exact) mass is 393 g/mol. The van der Waals surface area contributed by atoms with Gasteiger partial charge in [-0.15, -0.1) is 0 Å². The maximum absolute atomic E-state index is 14.7. The highest BCUT2D eigenvalue weighted by atomic mass is 19.1. The molecule has 152 valence electrons. The number of halogens is 2. The number of benzene rings is 2. The van der Waals surface area contributed by atoms with Crippen LogP contribution < -0.4 is 0 Å². The van der Waals surface area contributed by atoms with E-state index in [4.69, 9.17) is 0 Å². The lowest BCUT2D eigenvalue weighted by molar-refractivity contribution is 0.412. The van der Waals surface area contributed by atoms with Crippen molar-refractivity contribution in [2.24, 2.45) is 5.92 Å². The molecule has 0 N–H and O–H groups in total. The van der Waals surface area contributed by atoms with Crippen LogP contribution in [0.5, 0.6) is 0 Å². The highest BCUT2D eigenvalue weighted by Crippen LogP contribution is 2.59. The Morgan fingerprint density at radius 1 is 1.10 bits per heavy atom. The van der Waals surface area contributed by atoms with Crippen molar-refractivity contribution in [3.8, 4) is 6.07 Å². The lowest BCUT2D eigenvalue weighted by Gasteiger charge is -2.27. The molecule has 0 saturated heterocycles. The fourth-order valence-corrected chi connectivity index (χ4v) is 4.85. The van der Waals surface area contributed by atoms with Crippen molar-refractivity contribution in [3.05, 3.63) is 70.3 Å². The fraction of sp³-hybridized carbons (Fsp3) is 0.500. The second-order valence-corrected chi connectivity index (χ2v) is 9.98. The first-order valence-electron chi connectivity index (χ1n) is 10.7. The molecule has 2 unspecified atom stereocenters. The molecular weight excluding hydrogens is 364 g/mol. The highest BCUT2D eigenvalue weighted by Gasteiger charge is 2.57. The van der Waals surface area contributed by atoms with E-state index in [0.717, 1.165) is 24.0 Å². The Morgan fingerprint density at radius 3 is 2.41 bits per heavy atom. The number of hydrogen-bond acceptors (Lipinski definition) is 1. The molecule has 0 radical (unpaired) electrons. The molecule has 1 nitrogen and oxygen atoms in total. The summed E-state index contributed by atoms with van der Waals surface area (Å²) in [6.45, 7) is 8.08. The summed E-state index contributed by atoms with van der Waals surface area (Å²) in [6.07, 6.45) is 3.86. The van der Waals surface area contributed by atoms with Crippen molar-refractivity contribution in [3.63, 3.8) is 0 Å². The van der Waals surface area contributed by atoms with Crippen molar-refractivity contribution in [2.45, 2.75) is 76.0 Å². The van der Waals surface area contributed by atoms with Gasteiger partial charge in [-0.25, -0.2) is 8.78 Å². The molecule has 2 fully saturated rings. The van der Waals surface area contributed by atoms with Crippen LogP contribution in [0.4, 0.5) is 8.78 Å². The minimum Gasteiger partial charge on any atom is -0.207 e. The van der Waals surface area contributed by atoms with Gasteiger partial charge in [-0.2, -0.15) is 5.26 Å². The van der Waals surface area contributed by atoms with Crippen molar-refractivity contribution in [1.82, 2.24) is 0 Å². The minimum atomic E-state index is -0.584. The van der Waals surface area contributed by atoms with Gasteiger partial charge in [0.1, 0.15) is 11.6 Å². The van der Waals surface area contributed by atoms with Gasteiger partial charge < -0.3 is 0 Å². The van der Waals surface area contributed by atoms with Crippen LogP contribution in [0.1, 0.15) is 87.5 Å². The van der Waals surface area contributed by atoms with Crippen LogP contribution in [0.15, 0.2) is 36.4 Å². The van der Waals surface area contributed by atoms with Crippen molar-refractivity contribution < 1.29 is 8.78 Å². The minimum absolute atomic E-state index is 0.0681. The summed E-state index contributed by atoms with van der Waals surface area (Å²) in [5, 5.41) is 10.0. The smallest absolute Gasteiger partial charge is 0.126 e. The molecule has 2 saturated carbocycles. The molecule has 0 bridgehead atoms. The fourth-order valence-electron chi connectivity index (χ4n) is 4.85. The van der Waals surface area contributed by atoms with Gasteiger partial charge in [0.15, 0.2) is 0 Å². The van der Waals surface area contributed by atoms with Gasteiger partial charge in [0, 0.05) is 0 Å². The topological polar surface area (TPSA) is 23.8 Å². The van der Waals surface area contributed by atoms with E-state index in [2.05, 4.69) is 19.9 Å². The van der Waals surface area contributed by atoms with Crippen LogP contribution in [0.2, 0.25) is 0 Å². The van der Waals surface area contributed by atoms with Crippen LogP contribution in [0.25, 0.3) is 0 Å². The number of nitriles is 1. The summed E-state index contributed by atoms with van der Waals surface area (Å²) in [4.78, 5) is 0. The van der Waals surface area contributed by atoms with Crippen molar-refractivity contribution in [1.29, 1.82) is 5.26 Å². The first kappa shape index (κ1) is 20.1. The van der Waals surface area contributed by atoms with Gasteiger partial charge in [0.2, 0.25) is 0 Å². The van der Waals surface area contributed by atoms with E-state index in [1.54, 1.807) is 12.1 Å². The number of rotatable bonds is 6. The van der Waals surface area contributed by atoms with Crippen molar-refractivity contribution in [2.75, 3.05) is 0 Å². The predicted molar refractivity (Wildman–Crippen MR) is 112 cm³/mol. The van der Waals surface area contributed by atoms with E-state index in [0.29, 0.717) is 11.5 Å². The lowest BCUT2D eigenvalue weighted by atomic mass is 9.77. The zero-order valence-corrected chi connectivity index (χ0v) is 17.7. The highest BCUT2D eigenvalue weighted by molar-refractivity contribution is 5.45. The second kappa shape index (κ2) is 6.94. The number of nitrogens with zero attached hydrogens (tertiary/aromatic N) is 1. The van der Waals surface area contributed by atoms with Crippen LogP contribution in [-0.4, -0.2) is 0 Å². The Kier molecular flexibility index (Phi) is 4.80. The van der Waals surface area contributed by atoms with E-state index in [1.165, 1.54) is 24.5 Å². The first-order chi connectivity index (χ1) is 13.7. The summed E-state index contributed by atoms with van der Waals surface area (Å²) in [7, 11) is 0. The van der Waals surface area contributed by atoms with E-state index in [1.807, 2.05) is 32.0 Å². The summed E-state index contributed by atoms with van der Waals surface area (Å²) >= 11 is 0. The van der Waals surface area contributed by atoms with Gasteiger partial charge in [0.25, 0.3) is 0 Å². The molecule has 0 heterocycles. The molecule has 3 heteroatoms. The molecular formula is C26H29F2N. The average molecular weight is 394 g/mol. The van der Waals surface area contributed by atoms with E-state index in [-0.39, 0.29) is 28.9 Å². The van der Waals surface area contributed by atoms with E-state index < -0.39 is 5.41 Å². The maximum atomic E-state index is 14.7. The summed E-state index contributed by atoms with van der Waals surface area (Å²) in [5.41, 5.74) is 2.60. The quantitative estimate of drug-likeness (QED) is 0.513. The van der Waals surface area contributed by atoms with Gasteiger partial charge in [-0.3, -0.25) is 0 Å². The van der Waals surface area contributed by atoms with Gasteiger partial charge >= 0.3 is 0 Å². The summed E-state index contributed by atoms with van der Waals surface area (Å²) < 4.78 is 28.8. The average Bonchev–Trinajstić information content (AvgIpc) is 3.58. The van der Waals surface area contributed by atoms with Gasteiger partial charge in [-0.1, -0.05) is 52.0 Å². The molecule has 2 aromatic carbocycles. The number of hydrogen-bond donors (Lipinski definition) is 0. The summed E-state index contributed by atoms with van der Waals surface area (Å²) in [5.74, 6) is 0.424. The van der Waals surface area contributed by atoms with Gasteiger partial charge in [0.05, 0.1) is 11.5 Å². The Hall–Kier alpha value is -2.21. The van der Waals surface area contributed by atoms with Crippen LogP contribution in [0.3, 0.4) is 0 Å². The predicted octanol–water partition coefficient (Wildman–Crippen LogP) is 7.11. The summed E-state index contributed by atoms with van der Waals surface area (Å²) in [6, 6.07) is 13.2. The zero-order valence-electron chi connectivity index (χ0n) is 17.7. The first-order valence-corrected chi connectivity index (χ1v) is 10.7. The molecule has 0 spiro atoms. The SMILES string of the molecule is CC(C)c1cc(C2(C#N)CC2CC(C)(C)c2cc(C3CC3)ccc2F)ccc1F. The van der Waals surface area contributed by atoms with Gasteiger partial charge in [-0.05, 0) is 83.2 Å². The molecule has 0 amide bonds. The van der Waals surface area contributed by atoms with Crippen molar-refractivity contribution >= 4 is 0 Å². The molecule has 2 aliphatic rings. The zero-order chi connectivity index (χ0) is 21.0. The molecule has 2 aromatic rings. The third-order valence-corrected chi connectivity index (χ3v) is 6.96. The normalized spacial score (nSPS) is 23.9. The third-order valence-electron chi connectivity index (χ3n) is 6.96. The Morgan fingerprint density at radius 2 is 1.79 bits per heavy atom. The molecule has 0 aromatic heterocycles. The molecule has 2 atom stereocenters. The molecule has 29 heavy (non-hydrogen) atoms. The van der Waals surface area contributed by atoms with Crippen LogP contribution in [0, 0.1) is 28.9 Å². The third kappa shape index (κ3) is 3.59. The van der Waals surface area contributed by atoms with E-state index in [9.17, 15) is 14.0 Å². The maximum Gasteiger partial charge on any atom is 0.126 e.